The standard InChI is InChI=1S/C16H20F3NO2/c1-14(2,3)22-13(21)15(8-12(20)9-15)10-5-4-6-11(7-10)16(17,18)19/h4-7,12H,8-9,20H2,1-3H3. The monoisotopic (exact) mass is 315 g/mol. The first-order chi connectivity index (χ1) is 9.94. The van der Waals surface area contributed by atoms with E-state index in [0.717, 1.165) is 12.1 Å². The molecule has 1 saturated carbocycles. The number of benzene rings is 1. The first-order valence-electron chi connectivity index (χ1n) is 7.11. The van der Waals surface area contributed by atoms with Crippen molar-refractivity contribution in [2.24, 2.45) is 5.73 Å². The van der Waals surface area contributed by atoms with Crippen molar-refractivity contribution in [2.75, 3.05) is 0 Å². The van der Waals surface area contributed by atoms with E-state index in [9.17, 15) is 18.0 Å². The van der Waals surface area contributed by atoms with Crippen molar-refractivity contribution in [1.82, 2.24) is 0 Å². The predicted octanol–water partition coefficient (Wildman–Crippen LogP) is 3.41. The normalized spacial score (nSPS) is 25.5. The molecule has 6 heteroatoms. The van der Waals surface area contributed by atoms with E-state index in [1.807, 2.05) is 0 Å². The zero-order valence-electron chi connectivity index (χ0n) is 12.8. The Balaban J connectivity index is 2.39. The van der Waals surface area contributed by atoms with Crippen molar-refractivity contribution in [3.05, 3.63) is 35.4 Å². The lowest BCUT2D eigenvalue weighted by Gasteiger charge is -2.45. The van der Waals surface area contributed by atoms with Crippen LogP contribution in [0.5, 0.6) is 0 Å². The van der Waals surface area contributed by atoms with E-state index in [1.54, 1.807) is 20.8 Å². The fourth-order valence-electron chi connectivity index (χ4n) is 2.72. The summed E-state index contributed by atoms with van der Waals surface area (Å²) >= 11 is 0. The molecule has 22 heavy (non-hydrogen) atoms. The lowest BCUT2D eigenvalue weighted by molar-refractivity contribution is -0.167. The molecule has 0 unspecified atom stereocenters. The molecule has 0 radical (unpaired) electrons. The summed E-state index contributed by atoms with van der Waals surface area (Å²) in [6.45, 7) is 5.18. The van der Waals surface area contributed by atoms with Gasteiger partial charge in [0.05, 0.1) is 11.0 Å². The third-order valence-electron chi connectivity index (χ3n) is 3.75. The van der Waals surface area contributed by atoms with Gasteiger partial charge in [-0.1, -0.05) is 18.2 Å². The predicted molar refractivity (Wildman–Crippen MR) is 76.2 cm³/mol. The fraction of sp³-hybridized carbons (Fsp3) is 0.562. The number of nitrogens with two attached hydrogens (primary N) is 1. The molecular formula is C16H20F3NO2. The average molecular weight is 315 g/mol. The first kappa shape index (κ1) is 16.8. The van der Waals surface area contributed by atoms with Crippen molar-refractivity contribution in [2.45, 2.75) is 56.8 Å². The molecule has 1 fully saturated rings. The van der Waals surface area contributed by atoms with Gasteiger partial charge >= 0.3 is 12.1 Å². The minimum absolute atomic E-state index is 0.206. The molecule has 0 bridgehead atoms. The summed E-state index contributed by atoms with van der Waals surface area (Å²) in [7, 11) is 0. The molecule has 3 nitrogen and oxygen atoms in total. The SMILES string of the molecule is CC(C)(C)OC(=O)C1(c2cccc(C(F)(F)F)c2)CC(N)C1. The lowest BCUT2D eigenvalue weighted by Crippen LogP contribution is -2.56. The number of carbonyl (C=O) groups is 1. The molecule has 1 aliphatic carbocycles. The van der Waals surface area contributed by atoms with Crippen LogP contribution in [0.25, 0.3) is 0 Å². The highest BCUT2D eigenvalue weighted by molar-refractivity contribution is 5.85. The molecule has 0 aliphatic heterocycles. The molecule has 1 aromatic rings. The summed E-state index contributed by atoms with van der Waals surface area (Å²) in [6.07, 6.45) is -3.86. The van der Waals surface area contributed by atoms with Gasteiger partial charge in [0, 0.05) is 6.04 Å². The van der Waals surface area contributed by atoms with Gasteiger partial charge in [0.15, 0.2) is 0 Å². The summed E-state index contributed by atoms with van der Waals surface area (Å²) in [5.74, 6) is -0.513. The minimum Gasteiger partial charge on any atom is -0.459 e. The largest absolute Gasteiger partial charge is 0.459 e. The molecule has 0 spiro atoms. The van der Waals surface area contributed by atoms with E-state index < -0.39 is 28.7 Å². The molecule has 0 atom stereocenters. The second-order valence-corrected chi connectivity index (χ2v) is 6.83. The molecule has 2 N–H and O–H groups in total. The van der Waals surface area contributed by atoms with Gasteiger partial charge in [-0.05, 0) is 45.2 Å². The number of ether oxygens (including phenoxy) is 1. The summed E-state index contributed by atoms with van der Waals surface area (Å²) < 4.78 is 44.1. The van der Waals surface area contributed by atoms with Crippen LogP contribution in [-0.4, -0.2) is 17.6 Å². The highest BCUT2D eigenvalue weighted by atomic mass is 19.4. The maximum absolute atomic E-state index is 12.9. The molecule has 0 amide bonds. The molecule has 1 aliphatic rings. The van der Waals surface area contributed by atoms with Gasteiger partial charge in [-0.2, -0.15) is 13.2 Å². The molecule has 2 rings (SSSR count). The summed E-state index contributed by atoms with van der Waals surface area (Å²) in [5.41, 5.74) is 3.56. The summed E-state index contributed by atoms with van der Waals surface area (Å²) in [5, 5.41) is 0. The highest BCUT2D eigenvalue weighted by Gasteiger charge is 2.52. The third-order valence-corrected chi connectivity index (χ3v) is 3.75. The van der Waals surface area contributed by atoms with Crippen LogP contribution < -0.4 is 5.73 Å². The molecule has 0 saturated heterocycles. The lowest BCUT2D eigenvalue weighted by atomic mass is 9.61. The Bertz CT molecular complexity index is 569. The molecule has 0 aromatic heterocycles. The van der Waals surface area contributed by atoms with Crippen LogP contribution in [0.3, 0.4) is 0 Å². The Hall–Kier alpha value is -1.56. The second-order valence-electron chi connectivity index (χ2n) is 6.83. The summed E-state index contributed by atoms with van der Waals surface area (Å²) in [6, 6.07) is 4.65. The van der Waals surface area contributed by atoms with Crippen LogP contribution in [0.4, 0.5) is 13.2 Å². The number of alkyl halides is 3. The number of rotatable bonds is 2. The van der Waals surface area contributed by atoms with E-state index in [0.29, 0.717) is 18.4 Å². The number of hydrogen-bond acceptors (Lipinski definition) is 3. The molecule has 122 valence electrons. The Labute approximate surface area is 127 Å². The number of carbonyl (C=O) groups excluding carboxylic acids is 1. The van der Waals surface area contributed by atoms with Gasteiger partial charge in [-0.3, -0.25) is 4.79 Å². The maximum Gasteiger partial charge on any atom is 0.416 e. The topological polar surface area (TPSA) is 52.3 Å². The first-order valence-corrected chi connectivity index (χ1v) is 7.11. The van der Waals surface area contributed by atoms with Crippen molar-refractivity contribution in [3.63, 3.8) is 0 Å². The number of esters is 1. The van der Waals surface area contributed by atoms with Crippen LogP contribution >= 0.6 is 0 Å². The van der Waals surface area contributed by atoms with Crippen LogP contribution in [0.1, 0.15) is 44.7 Å². The zero-order chi connectivity index (χ0) is 16.8. The Morgan fingerprint density at radius 1 is 1.27 bits per heavy atom. The van der Waals surface area contributed by atoms with E-state index in [4.69, 9.17) is 10.5 Å². The fourth-order valence-corrected chi connectivity index (χ4v) is 2.72. The van der Waals surface area contributed by atoms with Gasteiger partial charge in [0.25, 0.3) is 0 Å². The molecule has 1 aromatic carbocycles. The van der Waals surface area contributed by atoms with Crippen molar-refractivity contribution in [1.29, 1.82) is 0 Å². The smallest absolute Gasteiger partial charge is 0.416 e. The van der Waals surface area contributed by atoms with Crippen LogP contribution in [0, 0.1) is 0 Å². The van der Waals surface area contributed by atoms with Gasteiger partial charge in [-0.25, -0.2) is 0 Å². The Kier molecular flexibility index (Phi) is 4.02. The second kappa shape index (κ2) is 5.26. The number of halogens is 3. The van der Waals surface area contributed by atoms with Gasteiger partial charge < -0.3 is 10.5 Å². The Morgan fingerprint density at radius 2 is 1.86 bits per heavy atom. The van der Waals surface area contributed by atoms with E-state index in [2.05, 4.69) is 0 Å². The van der Waals surface area contributed by atoms with E-state index in [1.165, 1.54) is 12.1 Å². The maximum atomic E-state index is 12.9. The molecular weight excluding hydrogens is 295 g/mol. The third kappa shape index (κ3) is 3.27. The van der Waals surface area contributed by atoms with E-state index >= 15 is 0 Å². The summed E-state index contributed by atoms with van der Waals surface area (Å²) in [4.78, 5) is 12.5. The quantitative estimate of drug-likeness (QED) is 0.851. The van der Waals surface area contributed by atoms with Crippen LogP contribution in [0.2, 0.25) is 0 Å². The van der Waals surface area contributed by atoms with Crippen molar-refractivity contribution < 1.29 is 22.7 Å². The molecule has 0 heterocycles. The van der Waals surface area contributed by atoms with Crippen molar-refractivity contribution in [3.8, 4) is 0 Å². The van der Waals surface area contributed by atoms with Crippen LogP contribution in [0.15, 0.2) is 24.3 Å². The highest BCUT2D eigenvalue weighted by Crippen LogP contribution is 2.46. The average Bonchev–Trinajstić information content (AvgIpc) is 2.31. The minimum atomic E-state index is -4.45. The zero-order valence-corrected chi connectivity index (χ0v) is 12.8. The van der Waals surface area contributed by atoms with Gasteiger partial charge in [-0.15, -0.1) is 0 Å². The van der Waals surface area contributed by atoms with Gasteiger partial charge in [0.2, 0.25) is 0 Å². The van der Waals surface area contributed by atoms with Crippen LogP contribution in [-0.2, 0) is 21.1 Å². The van der Waals surface area contributed by atoms with E-state index in [-0.39, 0.29) is 6.04 Å². The van der Waals surface area contributed by atoms with Gasteiger partial charge in [0.1, 0.15) is 5.60 Å². The van der Waals surface area contributed by atoms with Crippen molar-refractivity contribution >= 4 is 5.97 Å². The Morgan fingerprint density at radius 3 is 2.32 bits per heavy atom. The number of hydrogen-bond donors (Lipinski definition) is 1.